The third-order valence-corrected chi connectivity index (χ3v) is 5.15. The van der Waals surface area contributed by atoms with Crippen molar-refractivity contribution >= 4 is 5.91 Å². The van der Waals surface area contributed by atoms with Crippen LogP contribution in [0, 0.1) is 13.8 Å². The van der Waals surface area contributed by atoms with Gasteiger partial charge in [-0.25, -0.2) is 0 Å². The van der Waals surface area contributed by atoms with Crippen molar-refractivity contribution in [2.45, 2.75) is 51.9 Å². The number of aliphatic hydroxyl groups excluding tert-OH is 1. The van der Waals surface area contributed by atoms with E-state index in [1.807, 2.05) is 26.0 Å². The molecule has 30 heavy (non-hydrogen) atoms. The molecular weight excluding hydrogens is 386 g/mol. The van der Waals surface area contributed by atoms with Crippen molar-refractivity contribution < 1.29 is 19.2 Å². The van der Waals surface area contributed by atoms with Crippen molar-refractivity contribution in [3.05, 3.63) is 53.2 Å². The molecule has 1 saturated carbocycles. The zero-order valence-electron chi connectivity index (χ0n) is 16.8. The third-order valence-electron chi connectivity index (χ3n) is 5.15. The van der Waals surface area contributed by atoms with Gasteiger partial charge < -0.3 is 19.7 Å². The fourth-order valence-electron chi connectivity index (χ4n) is 3.41. The first-order chi connectivity index (χ1) is 14.5. The summed E-state index contributed by atoms with van der Waals surface area (Å²) in [6, 6.07) is 6.97. The minimum absolute atomic E-state index is 0.0310. The minimum atomic E-state index is -0.349. The van der Waals surface area contributed by atoms with E-state index in [9.17, 15) is 9.90 Å². The molecule has 2 atom stereocenters. The molecule has 4 rings (SSSR count). The second-order valence-electron chi connectivity index (χ2n) is 7.44. The Morgan fingerprint density at radius 1 is 1.23 bits per heavy atom. The van der Waals surface area contributed by atoms with Gasteiger partial charge in [0, 0.05) is 29.6 Å². The van der Waals surface area contributed by atoms with E-state index in [0.29, 0.717) is 24.3 Å². The lowest BCUT2D eigenvalue weighted by atomic mass is 10.1. The normalized spacial score (nSPS) is 18.4. The SMILES string of the molecule is Cc1ccc(-c2noc(C)c2COc2ccc(C(=O)NC3CCC(O)C3)nn2)cn1. The maximum atomic E-state index is 12.3. The Labute approximate surface area is 173 Å². The van der Waals surface area contributed by atoms with Gasteiger partial charge in [-0.3, -0.25) is 9.78 Å². The van der Waals surface area contributed by atoms with Gasteiger partial charge in [-0.1, -0.05) is 5.16 Å². The number of aromatic nitrogens is 4. The second kappa shape index (κ2) is 8.58. The first kappa shape index (κ1) is 20.0. The van der Waals surface area contributed by atoms with Crippen LogP contribution in [0.2, 0.25) is 0 Å². The summed E-state index contributed by atoms with van der Waals surface area (Å²) in [4.78, 5) is 16.6. The highest BCUT2D eigenvalue weighted by Crippen LogP contribution is 2.26. The number of pyridine rings is 1. The summed E-state index contributed by atoms with van der Waals surface area (Å²) in [6.45, 7) is 3.93. The standard InChI is InChI=1S/C21H23N5O4/c1-12-3-4-14(10-22-12)20-17(13(2)30-26-20)11-29-19-8-7-18(24-25-19)21(28)23-15-5-6-16(27)9-15/h3-4,7-8,10,15-16,27H,5-6,9,11H2,1-2H3,(H,23,28). The molecule has 1 aliphatic rings. The molecule has 3 aromatic rings. The molecule has 0 saturated heterocycles. The summed E-state index contributed by atoms with van der Waals surface area (Å²) >= 11 is 0. The number of amides is 1. The number of carbonyl (C=O) groups is 1. The molecule has 1 fully saturated rings. The highest BCUT2D eigenvalue weighted by Gasteiger charge is 2.25. The summed E-state index contributed by atoms with van der Waals surface area (Å²) in [5.41, 5.74) is 3.43. The minimum Gasteiger partial charge on any atom is -0.472 e. The van der Waals surface area contributed by atoms with Crippen molar-refractivity contribution in [3.8, 4) is 17.1 Å². The van der Waals surface area contributed by atoms with E-state index >= 15 is 0 Å². The molecular formula is C21H23N5O4. The van der Waals surface area contributed by atoms with Gasteiger partial charge in [0.05, 0.1) is 11.7 Å². The largest absolute Gasteiger partial charge is 0.472 e. The van der Waals surface area contributed by atoms with Crippen LogP contribution in [-0.2, 0) is 6.61 Å². The van der Waals surface area contributed by atoms with Gasteiger partial charge in [0.1, 0.15) is 18.1 Å². The molecule has 0 aromatic carbocycles. The molecule has 1 aliphatic carbocycles. The van der Waals surface area contributed by atoms with Crippen LogP contribution in [0.4, 0.5) is 0 Å². The quantitative estimate of drug-likeness (QED) is 0.636. The van der Waals surface area contributed by atoms with Crippen molar-refractivity contribution in [3.63, 3.8) is 0 Å². The van der Waals surface area contributed by atoms with E-state index in [-0.39, 0.29) is 36.2 Å². The fraction of sp³-hybridized carbons (Fsp3) is 0.381. The monoisotopic (exact) mass is 409 g/mol. The highest BCUT2D eigenvalue weighted by atomic mass is 16.5. The zero-order valence-corrected chi connectivity index (χ0v) is 16.8. The molecule has 0 bridgehead atoms. The molecule has 9 nitrogen and oxygen atoms in total. The van der Waals surface area contributed by atoms with E-state index in [4.69, 9.17) is 9.26 Å². The first-order valence-electron chi connectivity index (χ1n) is 9.83. The zero-order chi connectivity index (χ0) is 21.1. The predicted octanol–water partition coefficient (Wildman–Crippen LogP) is 2.37. The van der Waals surface area contributed by atoms with E-state index in [2.05, 4.69) is 25.7 Å². The van der Waals surface area contributed by atoms with Gasteiger partial charge in [0.15, 0.2) is 5.69 Å². The number of hydrogen-bond donors (Lipinski definition) is 2. The summed E-state index contributed by atoms with van der Waals surface area (Å²) in [7, 11) is 0. The van der Waals surface area contributed by atoms with Crippen LogP contribution in [-0.4, -0.2) is 43.5 Å². The van der Waals surface area contributed by atoms with Crippen LogP contribution in [0.3, 0.4) is 0 Å². The molecule has 0 radical (unpaired) electrons. The topological polar surface area (TPSA) is 123 Å². The number of carbonyl (C=O) groups excluding carboxylic acids is 1. The van der Waals surface area contributed by atoms with Crippen LogP contribution in [0.5, 0.6) is 5.88 Å². The van der Waals surface area contributed by atoms with E-state index in [1.54, 1.807) is 18.3 Å². The number of aliphatic hydroxyl groups is 1. The van der Waals surface area contributed by atoms with Crippen molar-refractivity contribution in [2.75, 3.05) is 0 Å². The Hall–Kier alpha value is -3.33. The molecule has 2 N–H and O–H groups in total. The number of ether oxygens (including phenoxy) is 1. The first-order valence-corrected chi connectivity index (χ1v) is 9.83. The molecule has 3 aromatic heterocycles. The predicted molar refractivity (Wildman–Crippen MR) is 107 cm³/mol. The van der Waals surface area contributed by atoms with Crippen LogP contribution in [0.15, 0.2) is 35.0 Å². The lowest BCUT2D eigenvalue weighted by molar-refractivity contribution is 0.0927. The third kappa shape index (κ3) is 4.46. The molecule has 3 heterocycles. The Morgan fingerprint density at radius 2 is 2.10 bits per heavy atom. The Morgan fingerprint density at radius 3 is 2.77 bits per heavy atom. The van der Waals surface area contributed by atoms with Crippen LogP contribution in [0.1, 0.15) is 46.8 Å². The number of hydrogen-bond acceptors (Lipinski definition) is 8. The second-order valence-corrected chi connectivity index (χ2v) is 7.44. The van der Waals surface area contributed by atoms with Gasteiger partial charge in [-0.15, -0.1) is 10.2 Å². The molecule has 0 aliphatic heterocycles. The number of aryl methyl sites for hydroxylation is 2. The van der Waals surface area contributed by atoms with E-state index < -0.39 is 0 Å². The fourth-order valence-corrected chi connectivity index (χ4v) is 3.41. The van der Waals surface area contributed by atoms with Crippen LogP contribution < -0.4 is 10.1 Å². The number of nitrogens with zero attached hydrogens (tertiary/aromatic N) is 4. The molecule has 156 valence electrons. The summed E-state index contributed by atoms with van der Waals surface area (Å²) in [5.74, 6) is 0.627. The smallest absolute Gasteiger partial charge is 0.272 e. The van der Waals surface area contributed by atoms with Crippen LogP contribution in [0.25, 0.3) is 11.3 Å². The van der Waals surface area contributed by atoms with E-state index in [1.165, 1.54) is 0 Å². The lowest BCUT2D eigenvalue weighted by Gasteiger charge is -2.11. The Bertz CT molecular complexity index is 1020. The summed E-state index contributed by atoms with van der Waals surface area (Å²) < 4.78 is 11.1. The van der Waals surface area contributed by atoms with Gasteiger partial charge in [-0.2, -0.15) is 0 Å². The van der Waals surface area contributed by atoms with Gasteiger partial charge >= 0.3 is 0 Å². The van der Waals surface area contributed by atoms with E-state index in [0.717, 1.165) is 23.2 Å². The maximum absolute atomic E-state index is 12.3. The maximum Gasteiger partial charge on any atom is 0.272 e. The van der Waals surface area contributed by atoms with Crippen molar-refractivity contribution in [1.29, 1.82) is 0 Å². The van der Waals surface area contributed by atoms with Gasteiger partial charge in [-0.05, 0) is 51.3 Å². The molecule has 2 unspecified atom stereocenters. The van der Waals surface area contributed by atoms with Crippen LogP contribution >= 0.6 is 0 Å². The Kier molecular flexibility index (Phi) is 5.71. The van der Waals surface area contributed by atoms with Crippen molar-refractivity contribution in [2.24, 2.45) is 0 Å². The number of rotatable bonds is 6. The van der Waals surface area contributed by atoms with Gasteiger partial charge in [0.2, 0.25) is 5.88 Å². The Balaban J connectivity index is 1.39. The van der Waals surface area contributed by atoms with Crippen molar-refractivity contribution in [1.82, 2.24) is 25.7 Å². The molecule has 0 spiro atoms. The highest BCUT2D eigenvalue weighted by molar-refractivity contribution is 5.92. The van der Waals surface area contributed by atoms with Gasteiger partial charge in [0.25, 0.3) is 5.91 Å². The number of nitrogens with one attached hydrogen (secondary N) is 1. The average Bonchev–Trinajstić information content (AvgIpc) is 3.32. The summed E-state index contributed by atoms with van der Waals surface area (Å²) in [5, 5.41) is 24.5. The molecule has 1 amide bonds. The lowest BCUT2D eigenvalue weighted by Crippen LogP contribution is -2.33. The summed E-state index contributed by atoms with van der Waals surface area (Å²) in [6.07, 6.45) is 3.42. The average molecular weight is 409 g/mol. The molecule has 9 heteroatoms.